The number of fused-ring (bicyclic) bond motifs is 1. The second-order valence-electron chi connectivity index (χ2n) is 4.43. The van der Waals surface area contributed by atoms with Gasteiger partial charge in [-0.15, -0.1) is 0 Å². The van der Waals surface area contributed by atoms with E-state index in [1.165, 1.54) is 6.07 Å². The number of pyridine rings is 1. The van der Waals surface area contributed by atoms with Crippen LogP contribution in [0.1, 0.15) is 17.3 Å². The summed E-state index contributed by atoms with van der Waals surface area (Å²) in [6.45, 7) is 0. The maximum absolute atomic E-state index is 13.7. The van der Waals surface area contributed by atoms with E-state index in [0.29, 0.717) is 11.3 Å². The minimum Gasteiger partial charge on any atom is -0.319 e. The van der Waals surface area contributed by atoms with Crippen LogP contribution in [0.3, 0.4) is 0 Å². The average molecular weight is 252 g/mol. The van der Waals surface area contributed by atoms with Crippen molar-refractivity contribution in [3.8, 4) is 0 Å². The lowest BCUT2D eigenvalue weighted by Crippen LogP contribution is -2.15. The van der Waals surface area contributed by atoms with Crippen molar-refractivity contribution in [1.82, 2.24) is 4.98 Å². The van der Waals surface area contributed by atoms with Crippen molar-refractivity contribution >= 4 is 10.9 Å². The summed E-state index contributed by atoms with van der Waals surface area (Å²) in [6, 6.07) is 17.6. The molecule has 1 heterocycles. The molecule has 0 aliphatic carbocycles. The number of aromatic nitrogens is 1. The third-order valence-corrected chi connectivity index (χ3v) is 3.18. The summed E-state index contributed by atoms with van der Waals surface area (Å²) < 4.78 is 13.7. The van der Waals surface area contributed by atoms with Gasteiger partial charge in [-0.2, -0.15) is 0 Å². The van der Waals surface area contributed by atoms with Crippen molar-refractivity contribution < 1.29 is 4.39 Å². The summed E-state index contributed by atoms with van der Waals surface area (Å²) in [5.41, 5.74) is 8.11. The topological polar surface area (TPSA) is 38.9 Å². The molecule has 94 valence electrons. The quantitative estimate of drug-likeness (QED) is 0.759. The number of benzene rings is 2. The van der Waals surface area contributed by atoms with E-state index in [0.717, 1.165) is 10.9 Å². The third-order valence-electron chi connectivity index (χ3n) is 3.18. The summed E-state index contributed by atoms with van der Waals surface area (Å²) in [4.78, 5) is 4.50. The number of hydrogen-bond acceptors (Lipinski definition) is 2. The second-order valence-corrected chi connectivity index (χ2v) is 4.43. The Hall–Kier alpha value is -2.26. The zero-order chi connectivity index (χ0) is 13.2. The summed E-state index contributed by atoms with van der Waals surface area (Å²) in [5.74, 6) is -0.301. The van der Waals surface area contributed by atoms with Crippen molar-refractivity contribution in [2.24, 2.45) is 5.73 Å². The van der Waals surface area contributed by atoms with Crippen molar-refractivity contribution in [2.75, 3.05) is 0 Å². The third kappa shape index (κ3) is 2.20. The molecule has 1 atom stereocenters. The van der Waals surface area contributed by atoms with Crippen LogP contribution in [0.15, 0.2) is 60.7 Å². The largest absolute Gasteiger partial charge is 0.319 e. The van der Waals surface area contributed by atoms with Crippen LogP contribution in [0.5, 0.6) is 0 Å². The number of nitrogens with two attached hydrogens (primary N) is 1. The molecule has 0 aliphatic rings. The van der Waals surface area contributed by atoms with Gasteiger partial charge in [-0.25, -0.2) is 4.39 Å². The molecule has 0 saturated heterocycles. The molecule has 0 saturated carbocycles. The van der Waals surface area contributed by atoms with Crippen LogP contribution < -0.4 is 5.73 Å². The van der Waals surface area contributed by atoms with E-state index in [1.54, 1.807) is 18.2 Å². The standard InChI is InChI=1S/C16H13FN2/c17-13-7-3-2-6-12(13)16(18)15-10-9-11-5-1-4-8-14(11)19-15/h1-10,16H,18H2. The highest BCUT2D eigenvalue weighted by atomic mass is 19.1. The molecule has 19 heavy (non-hydrogen) atoms. The van der Waals surface area contributed by atoms with Crippen LogP contribution in [0.25, 0.3) is 10.9 Å². The van der Waals surface area contributed by atoms with E-state index in [2.05, 4.69) is 4.98 Å². The van der Waals surface area contributed by atoms with Crippen LogP contribution in [-0.4, -0.2) is 4.98 Å². The molecule has 2 aromatic carbocycles. The Morgan fingerprint density at radius 3 is 2.47 bits per heavy atom. The molecule has 1 aromatic heterocycles. The molecule has 2 N–H and O–H groups in total. The molecule has 1 unspecified atom stereocenters. The molecule has 0 aliphatic heterocycles. The predicted molar refractivity (Wildman–Crippen MR) is 74.2 cm³/mol. The van der Waals surface area contributed by atoms with Gasteiger partial charge in [0.05, 0.1) is 17.3 Å². The highest BCUT2D eigenvalue weighted by Crippen LogP contribution is 2.22. The first kappa shape index (κ1) is 11.8. The Morgan fingerprint density at radius 1 is 0.895 bits per heavy atom. The minimum absolute atomic E-state index is 0.301. The number of nitrogens with zero attached hydrogens (tertiary/aromatic N) is 1. The number of halogens is 1. The Labute approximate surface area is 110 Å². The molecule has 3 heteroatoms. The van der Waals surface area contributed by atoms with E-state index in [-0.39, 0.29) is 5.82 Å². The molecule has 0 spiro atoms. The molecule has 0 bridgehead atoms. The smallest absolute Gasteiger partial charge is 0.128 e. The Balaban J connectivity index is 2.07. The van der Waals surface area contributed by atoms with Crippen LogP contribution in [-0.2, 0) is 0 Å². The molecule has 2 nitrogen and oxygen atoms in total. The molecular weight excluding hydrogens is 239 g/mol. The van der Waals surface area contributed by atoms with Gasteiger partial charge < -0.3 is 5.73 Å². The van der Waals surface area contributed by atoms with Gasteiger partial charge in [0.25, 0.3) is 0 Å². The van der Waals surface area contributed by atoms with Gasteiger partial charge in [0, 0.05) is 10.9 Å². The van der Waals surface area contributed by atoms with Crippen molar-refractivity contribution in [3.05, 3.63) is 77.7 Å². The van der Waals surface area contributed by atoms with E-state index in [1.807, 2.05) is 36.4 Å². The lowest BCUT2D eigenvalue weighted by molar-refractivity contribution is 0.597. The summed E-state index contributed by atoms with van der Waals surface area (Å²) in [6.07, 6.45) is 0. The second kappa shape index (κ2) is 4.78. The van der Waals surface area contributed by atoms with Crippen LogP contribution in [0.4, 0.5) is 4.39 Å². The molecule has 0 amide bonds. The maximum Gasteiger partial charge on any atom is 0.128 e. The monoisotopic (exact) mass is 252 g/mol. The summed E-state index contributed by atoms with van der Waals surface area (Å²) in [7, 11) is 0. The first-order valence-electron chi connectivity index (χ1n) is 6.11. The van der Waals surface area contributed by atoms with Crippen LogP contribution in [0, 0.1) is 5.82 Å². The summed E-state index contributed by atoms with van der Waals surface area (Å²) in [5, 5.41) is 1.05. The van der Waals surface area contributed by atoms with E-state index in [4.69, 9.17) is 5.73 Å². The normalized spacial score (nSPS) is 12.5. The highest BCUT2D eigenvalue weighted by Gasteiger charge is 2.14. The molecule has 3 aromatic rings. The van der Waals surface area contributed by atoms with Crippen molar-refractivity contribution in [3.63, 3.8) is 0 Å². The maximum atomic E-state index is 13.7. The van der Waals surface area contributed by atoms with Gasteiger partial charge in [-0.1, -0.05) is 42.5 Å². The van der Waals surface area contributed by atoms with Gasteiger partial charge in [0.15, 0.2) is 0 Å². The summed E-state index contributed by atoms with van der Waals surface area (Å²) >= 11 is 0. The zero-order valence-electron chi connectivity index (χ0n) is 10.3. The first-order chi connectivity index (χ1) is 9.25. The van der Waals surface area contributed by atoms with Crippen LogP contribution in [0.2, 0.25) is 0 Å². The van der Waals surface area contributed by atoms with Gasteiger partial charge in [0.1, 0.15) is 5.82 Å². The Bertz CT molecular complexity index is 725. The SMILES string of the molecule is NC(c1ccc2ccccc2n1)c1ccccc1F. The van der Waals surface area contributed by atoms with Gasteiger partial charge >= 0.3 is 0 Å². The zero-order valence-corrected chi connectivity index (χ0v) is 10.3. The number of rotatable bonds is 2. The molecule has 3 rings (SSSR count). The molecular formula is C16H13FN2. The van der Waals surface area contributed by atoms with Crippen molar-refractivity contribution in [1.29, 1.82) is 0 Å². The van der Waals surface area contributed by atoms with Gasteiger partial charge in [0.2, 0.25) is 0 Å². The van der Waals surface area contributed by atoms with Crippen LogP contribution >= 0.6 is 0 Å². The molecule has 0 fully saturated rings. The van der Waals surface area contributed by atoms with E-state index >= 15 is 0 Å². The lowest BCUT2D eigenvalue weighted by atomic mass is 10.0. The van der Waals surface area contributed by atoms with Gasteiger partial charge in [-0.3, -0.25) is 4.98 Å². The number of hydrogen-bond donors (Lipinski definition) is 1. The fourth-order valence-electron chi connectivity index (χ4n) is 2.14. The van der Waals surface area contributed by atoms with E-state index < -0.39 is 6.04 Å². The molecule has 0 radical (unpaired) electrons. The highest BCUT2D eigenvalue weighted by molar-refractivity contribution is 5.78. The Kier molecular flexibility index (Phi) is 2.97. The fourth-order valence-corrected chi connectivity index (χ4v) is 2.14. The Morgan fingerprint density at radius 2 is 1.63 bits per heavy atom. The minimum atomic E-state index is -0.550. The fraction of sp³-hybridized carbons (Fsp3) is 0.0625. The average Bonchev–Trinajstić information content (AvgIpc) is 2.46. The van der Waals surface area contributed by atoms with E-state index in [9.17, 15) is 4.39 Å². The lowest BCUT2D eigenvalue weighted by Gasteiger charge is -2.13. The number of para-hydroxylation sites is 1. The van der Waals surface area contributed by atoms with Crippen molar-refractivity contribution in [2.45, 2.75) is 6.04 Å². The first-order valence-corrected chi connectivity index (χ1v) is 6.11. The van der Waals surface area contributed by atoms with Gasteiger partial charge in [-0.05, 0) is 18.2 Å². The predicted octanol–water partition coefficient (Wildman–Crippen LogP) is 3.42.